The van der Waals surface area contributed by atoms with Gasteiger partial charge in [-0.25, -0.2) is 0 Å². The maximum Gasteiger partial charge on any atom is 0.153 e. The van der Waals surface area contributed by atoms with Gasteiger partial charge in [0.1, 0.15) is 23.9 Å². The second-order valence-corrected chi connectivity index (χ2v) is 11.4. The van der Waals surface area contributed by atoms with E-state index in [-0.39, 0.29) is 6.04 Å². The predicted octanol–water partition coefficient (Wildman–Crippen LogP) is 5.02. The molecule has 10 heteroatoms. The summed E-state index contributed by atoms with van der Waals surface area (Å²) in [6.45, 7) is 2.39. The number of carboxylic acids is 1. The number of ether oxygens (including phenoxy) is 3. The van der Waals surface area contributed by atoms with E-state index in [9.17, 15) is 0 Å². The first kappa shape index (κ1) is 28.5. The number of nitrogens with one attached hydrogen (secondary N) is 1. The summed E-state index contributed by atoms with van der Waals surface area (Å²) in [7, 11) is 3.41. The number of carbonyl (C=O) groups is 1. The fourth-order valence-corrected chi connectivity index (χ4v) is 7.13. The van der Waals surface area contributed by atoms with Crippen LogP contribution in [0.15, 0.2) is 61.9 Å². The van der Waals surface area contributed by atoms with Crippen molar-refractivity contribution in [3.05, 3.63) is 84.3 Å². The third kappa shape index (κ3) is 6.36. The Morgan fingerprint density at radius 3 is 2.42 bits per heavy atom. The zero-order valence-electron chi connectivity index (χ0n) is 21.1. The van der Waals surface area contributed by atoms with Crippen LogP contribution in [0.3, 0.4) is 0 Å². The monoisotopic (exact) mass is 708 g/mol. The molecule has 2 heterocycles. The van der Waals surface area contributed by atoms with Gasteiger partial charge in [-0.2, -0.15) is 0 Å². The summed E-state index contributed by atoms with van der Waals surface area (Å²) in [6, 6.07) is 16.7. The van der Waals surface area contributed by atoms with Gasteiger partial charge in [-0.05, 0) is 92.9 Å². The highest BCUT2D eigenvalue weighted by molar-refractivity contribution is 9.11. The van der Waals surface area contributed by atoms with Crippen molar-refractivity contribution in [2.45, 2.75) is 26.0 Å². The lowest BCUT2D eigenvalue weighted by atomic mass is 9.93. The van der Waals surface area contributed by atoms with Gasteiger partial charge in [0, 0.05) is 38.9 Å². The first-order valence-corrected chi connectivity index (χ1v) is 14.2. The predicted molar refractivity (Wildman–Crippen MR) is 155 cm³/mol. The minimum absolute atomic E-state index is 0.179. The molecule has 4 aromatic rings. The molecular formula is C28H27Br3N2O5. The summed E-state index contributed by atoms with van der Waals surface area (Å²) >= 11 is 10.7. The fraction of sp³-hybridized carbons (Fsp3) is 0.250. The van der Waals surface area contributed by atoms with Crippen molar-refractivity contribution in [2.75, 3.05) is 20.8 Å². The van der Waals surface area contributed by atoms with Gasteiger partial charge in [-0.1, -0.05) is 15.9 Å². The number of carbonyl (C=O) groups excluding carboxylic acids is 1. The molecule has 3 N–H and O–H groups in total. The molecule has 1 aliphatic heterocycles. The third-order valence-electron chi connectivity index (χ3n) is 6.25. The summed E-state index contributed by atoms with van der Waals surface area (Å²) in [5.41, 5.74) is 5.99. The first-order chi connectivity index (χ1) is 18.2. The molecule has 1 unspecified atom stereocenters. The topological polar surface area (TPSA) is 100 Å². The van der Waals surface area contributed by atoms with Crippen LogP contribution in [0.5, 0.6) is 17.2 Å². The number of fused-ring (bicyclic) bond motifs is 3. The largest absolute Gasteiger partial charge is 0.550 e. The molecule has 0 aliphatic carbocycles. The molecular weight excluding hydrogens is 684 g/mol. The lowest BCUT2D eigenvalue weighted by Crippen LogP contribution is -2.87. The van der Waals surface area contributed by atoms with Gasteiger partial charge in [0.15, 0.2) is 6.04 Å². The summed E-state index contributed by atoms with van der Waals surface area (Å²) in [5.74, 6) is 1.37. The van der Waals surface area contributed by atoms with Gasteiger partial charge >= 0.3 is 0 Å². The van der Waals surface area contributed by atoms with E-state index in [0.29, 0.717) is 6.61 Å². The number of aromatic amines is 1. The van der Waals surface area contributed by atoms with Crippen LogP contribution in [0.2, 0.25) is 0 Å². The van der Waals surface area contributed by atoms with E-state index < -0.39 is 5.97 Å². The Bertz CT molecular complexity index is 1440. The van der Waals surface area contributed by atoms with Gasteiger partial charge in [0.25, 0.3) is 0 Å². The average molecular weight is 711 g/mol. The first-order valence-electron chi connectivity index (χ1n) is 11.8. The van der Waals surface area contributed by atoms with Crippen molar-refractivity contribution < 1.29 is 29.4 Å². The van der Waals surface area contributed by atoms with Gasteiger partial charge in [0.05, 0.1) is 35.4 Å². The van der Waals surface area contributed by atoms with Gasteiger partial charge in [-0.3, -0.25) is 0 Å². The second kappa shape index (κ2) is 12.5. The number of carboxylic acid groups (broad SMARTS) is 1. The number of hydrogen-bond donors (Lipinski definition) is 2. The maximum absolute atomic E-state index is 8.89. The Hall–Kier alpha value is -2.53. The van der Waals surface area contributed by atoms with Gasteiger partial charge < -0.3 is 34.4 Å². The zero-order valence-corrected chi connectivity index (χ0v) is 25.8. The highest BCUT2D eigenvalue weighted by Crippen LogP contribution is 2.38. The quantitative estimate of drug-likeness (QED) is 0.293. The summed E-state index contributed by atoms with van der Waals surface area (Å²) in [6.07, 6.45) is 1.02. The number of halogens is 3. The van der Waals surface area contributed by atoms with Gasteiger partial charge in [-0.15, -0.1) is 0 Å². The van der Waals surface area contributed by atoms with Crippen LogP contribution >= 0.6 is 47.8 Å². The van der Waals surface area contributed by atoms with E-state index in [1.54, 1.807) is 14.2 Å². The molecule has 3 aromatic carbocycles. The van der Waals surface area contributed by atoms with E-state index in [0.717, 1.165) is 61.6 Å². The van der Waals surface area contributed by atoms with Crippen molar-refractivity contribution in [3.63, 3.8) is 0 Å². The number of benzene rings is 3. The van der Waals surface area contributed by atoms with E-state index in [1.807, 2.05) is 24.3 Å². The minimum Gasteiger partial charge on any atom is -0.550 e. The Balaban J connectivity index is 0.000000786. The van der Waals surface area contributed by atoms with Crippen molar-refractivity contribution in [1.82, 2.24) is 4.98 Å². The molecule has 5 rings (SSSR count). The van der Waals surface area contributed by atoms with E-state index >= 15 is 0 Å². The van der Waals surface area contributed by atoms with Crippen LogP contribution in [-0.4, -0.2) is 31.7 Å². The third-order valence-corrected chi connectivity index (χ3v) is 7.89. The van der Waals surface area contributed by atoms with Crippen LogP contribution in [0.1, 0.15) is 35.3 Å². The number of aromatic nitrogens is 1. The second-order valence-electron chi connectivity index (χ2n) is 8.73. The maximum atomic E-state index is 8.89. The van der Waals surface area contributed by atoms with Crippen LogP contribution in [-0.2, 0) is 17.8 Å². The van der Waals surface area contributed by atoms with Crippen LogP contribution < -0.4 is 24.6 Å². The Morgan fingerprint density at radius 2 is 1.76 bits per heavy atom. The molecule has 7 nitrogen and oxygen atoms in total. The lowest BCUT2D eigenvalue weighted by molar-refractivity contribution is -0.690. The van der Waals surface area contributed by atoms with Crippen LogP contribution in [0, 0.1) is 0 Å². The van der Waals surface area contributed by atoms with E-state index in [4.69, 9.17) is 24.1 Å². The average Bonchev–Trinajstić information content (AvgIpc) is 3.25. The van der Waals surface area contributed by atoms with Crippen molar-refractivity contribution in [1.29, 1.82) is 0 Å². The molecule has 1 atom stereocenters. The van der Waals surface area contributed by atoms with E-state index in [2.05, 4.69) is 82.4 Å². The number of rotatable bonds is 6. The molecule has 1 aliphatic rings. The number of methoxy groups -OCH3 is 2. The number of aliphatic carboxylic acids is 1. The molecule has 200 valence electrons. The smallest absolute Gasteiger partial charge is 0.153 e. The number of hydrogen-bond acceptors (Lipinski definition) is 5. The Kier molecular flexibility index (Phi) is 9.40. The lowest BCUT2D eigenvalue weighted by Gasteiger charge is -2.23. The number of H-pyrrole nitrogens is 1. The Morgan fingerprint density at radius 1 is 1.05 bits per heavy atom. The Labute approximate surface area is 246 Å². The highest BCUT2D eigenvalue weighted by Gasteiger charge is 2.29. The molecule has 38 heavy (non-hydrogen) atoms. The van der Waals surface area contributed by atoms with E-state index in [1.165, 1.54) is 22.2 Å². The summed E-state index contributed by atoms with van der Waals surface area (Å²) in [4.78, 5) is 12.6. The zero-order chi connectivity index (χ0) is 27.4. The molecule has 0 fully saturated rings. The highest BCUT2D eigenvalue weighted by atomic mass is 79.9. The van der Waals surface area contributed by atoms with Crippen LogP contribution in [0.4, 0.5) is 0 Å². The molecule has 0 spiro atoms. The molecule has 1 aromatic heterocycles. The SMILES string of the molecule is CC(=O)[O-].COc1ccc2[nH]c3c(c2c1)CC[NH2+]C3c1ccc(OC)c(COc2c(Br)cc(Br)cc2Br)c1. The molecule has 0 saturated heterocycles. The molecule has 0 radical (unpaired) electrons. The molecule has 0 bridgehead atoms. The number of quaternary nitrogens is 1. The van der Waals surface area contributed by atoms with Gasteiger partial charge in [0.2, 0.25) is 0 Å². The van der Waals surface area contributed by atoms with Crippen molar-refractivity contribution in [2.24, 2.45) is 0 Å². The van der Waals surface area contributed by atoms with Crippen molar-refractivity contribution >= 4 is 64.7 Å². The fourth-order valence-electron chi connectivity index (χ4n) is 4.65. The van der Waals surface area contributed by atoms with Crippen molar-refractivity contribution in [3.8, 4) is 17.2 Å². The standard InChI is InChI=1S/C26H23Br3N2O3.C2H4O2/c1-32-17-4-5-22-19(12-17)18-7-8-30-24(25(18)31-22)14-3-6-23(33-2)15(9-14)13-34-26-20(28)10-16(27)11-21(26)29;1-2(3)4/h3-6,9-12,24,30-31H,7-8,13H2,1-2H3;1H3,(H,3,4). The molecule has 0 amide bonds. The summed E-state index contributed by atoms with van der Waals surface area (Å²) < 4.78 is 20.1. The summed E-state index contributed by atoms with van der Waals surface area (Å²) in [5, 5.41) is 12.5. The normalized spacial score (nSPS) is 14.3. The number of nitrogens with two attached hydrogens (primary N) is 1. The van der Waals surface area contributed by atoms with Crippen LogP contribution in [0.25, 0.3) is 10.9 Å². The minimum atomic E-state index is -1.08. The molecule has 0 saturated carbocycles.